The van der Waals surface area contributed by atoms with Gasteiger partial charge in [-0.3, -0.25) is 0 Å². The minimum atomic E-state index is 0.547. The van der Waals surface area contributed by atoms with Crippen LogP contribution in [0.25, 0.3) is 0 Å². The van der Waals surface area contributed by atoms with E-state index in [-0.39, 0.29) is 0 Å². The van der Waals surface area contributed by atoms with Crippen molar-refractivity contribution in [1.29, 1.82) is 0 Å². The number of fused-ring (bicyclic) bond motifs is 3. The van der Waals surface area contributed by atoms with E-state index in [2.05, 4.69) is 6.08 Å². The fraction of sp³-hybridized carbons (Fsp3) is 0.800. The third-order valence-electron chi connectivity index (χ3n) is 3.40. The summed E-state index contributed by atoms with van der Waals surface area (Å²) in [6.45, 7) is 0. The lowest BCUT2D eigenvalue weighted by Gasteiger charge is -2.07. The maximum atomic E-state index is 5.94. The Balaban J connectivity index is 1.94. The zero-order chi connectivity index (χ0) is 7.26. The van der Waals surface area contributed by atoms with Crippen molar-refractivity contribution < 1.29 is 4.74 Å². The summed E-state index contributed by atoms with van der Waals surface area (Å²) < 4.78 is 5.94. The third-order valence-corrected chi connectivity index (χ3v) is 3.40. The number of ether oxygens (including phenoxy) is 1. The van der Waals surface area contributed by atoms with Crippen molar-refractivity contribution in [2.24, 2.45) is 5.92 Å². The largest absolute Gasteiger partial charge is 0.370 e. The quantitative estimate of drug-likeness (QED) is 0.481. The molecule has 1 saturated carbocycles. The van der Waals surface area contributed by atoms with Gasteiger partial charge in [-0.05, 0) is 31.3 Å². The van der Waals surface area contributed by atoms with Gasteiger partial charge in [-0.25, -0.2) is 0 Å². The molecule has 0 N–H and O–H groups in total. The predicted octanol–water partition coefficient (Wildman–Crippen LogP) is 2.27. The van der Waals surface area contributed by atoms with Gasteiger partial charge in [-0.1, -0.05) is 12.5 Å². The molecule has 0 aromatic carbocycles. The van der Waals surface area contributed by atoms with Gasteiger partial charge in [-0.15, -0.1) is 0 Å². The van der Waals surface area contributed by atoms with Crippen molar-refractivity contribution >= 4 is 0 Å². The minimum absolute atomic E-state index is 0.547. The zero-order valence-corrected chi connectivity index (χ0v) is 6.75. The van der Waals surface area contributed by atoms with Crippen molar-refractivity contribution in [3.8, 4) is 0 Å². The lowest BCUT2D eigenvalue weighted by Crippen LogP contribution is -2.09. The average Bonchev–Trinajstić information content (AvgIpc) is 2.52. The summed E-state index contributed by atoms with van der Waals surface area (Å²) in [5.74, 6) is 0.836. The highest BCUT2D eigenvalue weighted by molar-refractivity contribution is 5.24. The summed E-state index contributed by atoms with van der Waals surface area (Å²) in [5.41, 5.74) is 1.66. The highest BCUT2D eigenvalue weighted by Gasteiger charge is 2.43. The molecule has 3 rings (SSSR count). The molecular formula is C10H14O. The number of rotatable bonds is 0. The first-order valence-corrected chi connectivity index (χ1v) is 4.80. The van der Waals surface area contributed by atoms with Crippen LogP contribution in [0.4, 0.5) is 0 Å². The first kappa shape index (κ1) is 6.24. The molecule has 60 valence electrons. The Kier molecular flexibility index (Phi) is 1.19. The van der Waals surface area contributed by atoms with E-state index in [1.165, 1.54) is 32.1 Å². The fourth-order valence-electron chi connectivity index (χ4n) is 2.92. The molecule has 1 heterocycles. The maximum absolute atomic E-state index is 5.94. The molecule has 11 heavy (non-hydrogen) atoms. The highest BCUT2D eigenvalue weighted by Crippen LogP contribution is 2.46. The van der Waals surface area contributed by atoms with Crippen LogP contribution in [0.3, 0.4) is 0 Å². The molecule has 0 aromatic heterocycles. The van der Waals surface area contributed by atoms with E-state index < -0.39 is 0 Å². The standard InChI is InChI=1S/C10H14O/c1-3-7-8-4-2-6-10(8)11-9(7)5-1/h3,8-10H,1-2,4-6H2/t8-,9-,10-/m1/s1. The molecule has 3 atom stereocenters. The Labute approximate surface area is 67.4 Å². The maximum Gasteiger partial charge on any atom is 0.0795 e. The molecule has 0 bridgehead atoms. The SMILES string of the molecule is C1=C2[C@H]3CCC[C@H]3O[C@@H]2CC1. The molecule has 1 nitrogen and oxygen atoms in total. The van der Waals surface area contributed by atoms with Gasteiger partial charge >= 0.3 is 0 Å². The fourth-order valence-corrected chi connectivity index (χ4v) is 2.92. The molecule has 2 aliphatic carbocycles. The summed E-state index contributed by atoms with van der Waals surface area (Å²) in [6, 6.07) is 0. The van der Waals surface area contributed by atoms with Gasteiger partial charge in [-0.2, -0.15) is 0 Å². The van der Waals surface area contributed by atoms with Gasteiger partial charge in [0.25, 0.3) is 0 Å². The van der Waals surface area contributed by atoms with Gasteiger partial charge in [0.15, 0.2) is 0 Å². The molecular weight excluding hydrogens is 136 g/mol. The Hall–Kier alpha value is -0.300. The molecule has 2 fully saturated rings. The van der Waals surface area contributed by atoms with E-state index in [9.17, 15) is 0 Å². The summed E-state index contributed by atoms with van der Waals surface area (Å²) in [4.78, 5) is 0. The lowest BCUT2D eigenvalue weighted by atomic mass is 9.97. The topological polar surface area (TPSA) is 9.23 Å². The predicted molar refractivity (Wildman–Crippen MR) is 43.3 cm³/mol. The van der Waals surface area contributed by atoms with Crippen LogP contribution in [-0.2, 0) is 4.74 Å². The monoisotopic (exact) mass is 150 g/mol. The zero-order valence-electron chi connectivity index (χ0n) is 6.75. The molecule has 3 aliphatic rings. The summed E-state index contributed by atoms with van der Waals surface area (Å²) in [6.07, 6.45) is 10.2. The van der Waals surface area contributed by atoms with E-state index in [0.717, 1.165) is 5.92 Å². The van der Waals surface area contributed by atoms with Crippen LogP contribution in [0.5, 0.6) is 0 Å². The molecule has 0 aromatic rings. The van der Waals surface area contributed by atoms with Gasteiger partial charge in [0, 0.05) is 5.92 Å². The molecule has 1 heteroatoms. The van der Waals surface area contributed by atoms with Crippen molar-refractivity contribution in [2.75, 3.05) is 0 Å². The highest BCUT2D eigenvalue weighted by atomic mass is 16.5. The van der Waals surface area contributed by atoms with Crippen molar-refractivity contribution in [3.05, 3.63) is 11.6 Å². The van der Waals surface area contributed by atoms with Crippen LogP contribution >= 0.6 is 0 Å². The van der Waals surface area contributed by atoms with Crippen LogP contribution in [0.15, 0.2) is 11.6 Å². The van der Waals surface area contributed by atoms with Gasteiger partial charge in [0.2, 0.25) is 0 Å². The summed E-state index contributed by atoms with van der Waals surface area (Å²) in [5, 5.41) is 0. The van der Waals surface area contributed by atoms with Gasteiger partial charge in [0.05, 0.1) is 12.2 Å². The second-order valence-corrected chi connectivity index (χ2v) is 3.98. The summed E-state index contributed by atoms with van der Waals surface area (Å²) >= 11 is 0. The minimum Gasteiger partial charge on any atom is -0.370 e. The first-order chi connectivity index (χ1) is 5.45. The molecule has 0 spiro atoms. The number of hydrogen-bond donors (Lipinski definition) is 0. The molecule has 1 aliphatic heterocycles. The molecule has 0 radical (unpaired) electrons. The second kappa shape index (κ2) is 2.10. The first-order valence-electron chi connectivity index (χ1n) is 4.80. The Morgan fingerprint density at radius 2 is 2.27 bits per heavy atom. The van der Waals surface area contributed by atoms with Crippen LogP contribution in [0, 0.1) is 5.92 Å². The molecule has 0 unspecified atom stereocenters. The van der Waals surface area contributed by atoms with Crippen molar-refractivity contribution in [3.63, 3.8) is 0 Å². The third kappa shape index (κ3) is 0.750. The lowest BCUT2D eigenvalue weighted by molar-refractivity contribution is 0.0450. The Bertz CT molecular complexity index is 207. The Morgan fingerprint density at radius 1 is 1.27 bits per heavy atom. The van der Waals surface area contributed by atoms with Gasteiger partial charge in [0.1, 0.15) is 0 Å². The van der Waals surface area contributed by atoms with Crippen LogP contribution in [0.1, 0.15) is 32.1 Å². The normalized spacial score (nSPS) is 47.3. The second-order valence-electron chi connectivity index (χ2n) is 3.98. The van der Waals surface area contributed by atoms with Crippen LogP contribution in [-0.4, -0.2) is 12.2 Å². The van der Waals surface area contributed by atoms with E-state index >= 15 is 0 Å². The number of hydrogen-bond acceptors (Lipinski definition) is 1. The molecule has 0 amide bonds. The Morgan fingerprint density at radius 3 is 3.27 bits per heavy atom. The van der Waals surface area contributed by atoms with Gasteiger partial charge < -0.3 is 4.74 Å². The summed E-state index contributed by atoms with van der Waals surface area (Å²) in [7, 11) is 0. The van der Waals surface area contributed by atoms with Crippen molar-refractivity contribution in [2.45, 2.75) is 44.3 Å². The van der Waals surface area contributed by atoms with E-state index in [4.69, 9.17) is 4.74 Å². The van der Waals surface area contributed by atoms with E-state index in [1.54, 1.807) is 5.57 Å². The van der Waals surface area contributed by atoms with Crippen LogP contribution in [0.2, 0.25) is 0 Å². The van der Waals surface area contributed by atoms with E-state index in [1.807, 2.05) is 0 Å². The van der Waals surface area contributed by atoms with E-state index in [0.29, 0.717) is 12.2 Å². The van der Waals surface area contributed by atoms with Crippen LogP contribution < -0.4 is 0 Å². The average molecular weight is 150 g/mol. The number of allylic oxidation sites excluding steroid dienone is 1. The smallest absolute Gasteiger partial charge is 0.0795 e. The van der Waals surface area contributed by atoms with Crippen molar-refractivity contribution in [1.82, 2.24) is 0 Å². The molecule has 1 saturated heterocycles.